The molecule has 1 heterocycles. The molecular formula is C19H19NO3S. The van der Waals surface area contributed by atoms with Gasteiger partial charge in [0.1, 0.15) is 11.4 Å². The molecule has 0 saturated carbocycles. The Morgan fingerprint density at radius 3 is 2.67 bits per heavy atom. The van der Waals surface area contributed by atoms with Crippen LogP contribution in [0.3, 0.4) is 0 Å². The number of benzene rings is 2. The summed E-state index contributed by atoms with van der Waals surface area (Å²) < 4.78 is 6.32. The number of rotatable bonds is 5. The summed E-state index contributed by atoms with van der Waals surface area (Å²) in [6.45, 7) is 1.83. The van der Waals surface area contributed by atoms with Crippen LogP contribution in [0.25, 0.3) is 10.1 Å². The van der Waals surface area contributed by atoms with Crippen LogP contribution in [0.1, 0.15) is 22.2 Å². The minimum atomic E-state index is -1.14. The maximum Gasteiger partial charge on any atom is 0.255 e. The lowest BCUT2D eigenvalue weighted by molar-refractivity contribution is 0.0556. The van der Waals surface area contributed by atoms with Gasteiger partial charge in [0.05, 0.1) is 19.2 Å². The lowest BCUT2D eigenvalue weighted by Crippen LogP contribution is -2.38. The molecule has 0 aliphatic carbocycles. The average Bonchev–Trinajstić information content (AvgIpc) is 3.05. The van der Waals surface area contributed by atoms with Crippen molar-refractivity contribution < 1.29 is 14.6 Å². The van der Waals surface area contributed by atoms with E-state index < -0.39 is 5.60 Å². The summed E-state index contributed by atoms with van der Waals surface area (Å²) in [5.74, 6) is 0.241. The first kappa shape index (κ1) is 16.5. The molecule has 0 saturated heterocycles. The minimum absolute atomic E-state index is 0.122. The predicted molar refractivity (Wildman–Crippen MR) is 96.7 cm³/mol. The van der Waals surface area contributed by atoms with E-state index in [1.807, 2.05) is 36.4 Å². The summed E-state index contributed by atoms with van der Waals surface area (Å²) >= 11 is 1.53. The van der Waals surface area contributed by atoms with Crippen molar-refractivity contribution in [1.82, 2.24) is 5.32 Å². The van der Waals surface area contributed by atoms with Crippen molar-refractivity contribution in [2.75, 3.05) is 13.7 Å². The number of hydrogen-bond acceptors (Lipinski definition) is 4. The number of fused-ring (bicyclic) bond motifs is 1. The zero-order valence-electron chi connectivity index (χ0n) is 13.6. The molecule has 0 spiro atoms. The highest BCUT2D eigenvalue weighted by atomic mass is 32.1. The molecule has 3 rings (SSSR count). The van der Waals surface area contributed by atoms with E-state index in [2.05, 4.69) is 5.32 Å². The van der Waals surface area contributed by atoms with Gasteiger partial charge >= 0.3 is 0 Å². The quantitative estimate of drug-likeness (QED) is 0.746. The minimum Gasteiger partial charge on any atom is -0.496 e. The predicted octanol–water partition coefficient (Wildman–Crippen LogP) is 3.55. The molecule has 0 radical (unpaired) electrons. The summed E-state index contributed by atoms with van der Waals surface area (Å²) in [6, 6.07) is 17.0. The van der Waals surface area contributed by atoms with E-state index in [1.54, 1.807) is 25.1 Å². The van der Waals surface area contributed by atoms with Gasteiger partial charge in [0, 0.05) is 9.58 Å². The molecule has 24 heavy (non-hydrogen) atoms. The highest BCUT2D eigenvalue weighted by molar-refractivity contribution is 7.19. The maximum absolute atomic E-state index is 12.4. The molecule has 1 unspecified atom stereocenters. The van der Waals surface area contributed by atoms with Crippen LogP contribution in [0.2, 0.25) is 0 Å². The Labute approximate surface area is 144 Å². The Morgan fingerprint density at radius 1 is 1.21 bits per heavy atom. The molecule has 2 N–H and O–H groups in total. The van der Waals surface area contributed by atoms with Crippen LogP contribution in [0.15, 0.2) is 54.6 Å². The fourth-order valence-corrected chi connectivity index (χ4v) is 3.62. The summed E-state index contributed by atoms with van der Waals surface area (Å²) in [7, 11) is 1.53. The van der Waals surface area contributed by atoms with Crippen LogP contribution in [0, 0.1) is 0 Å². The van der Waals surface area contributed by atoms with E-state index in [9.17, 15) is 9.90 Å². The van der Waals surface area contributed by atoms with Crippen molar-refractivity contribution >= 4 is 27.3 Å². The van der Waals surface area contributed by atoms with Crippen molar-refractivity contribution in [2.45, 2.75) is 12.5 Å². The molecular weight excluding hydrogens is 322 g/mol. The van der Waals surface area contributed by atoms with E-state index >= 15 is 0 Å². The monoisotopic (exact) mass is 341 g/mol. The van der Waals surface area contributed by atoms with Gasteiger partial charge in [0.15, 0.2) is 0 Å². The molecule has 0 bridgehead atoms. The number of nitrogens with one attached hydrogen (secondary N) is 1. The smallest absolute Gasteiger partial charge is 0.255 e. The molecule has 0 fully saturated rings. The van der Waals surface area contributed by atoms with Crippen LogP contribution < -0.4 is 10.1 Å². The van der Waals surface area contributed by atoms with Gasteiger partial charge in [0.2, 0.25) is 0 Å². The van der Waals surface area contributed by atoms with Crippen molar-refractivity contribution in [1.29, 1.82) is 0 Å². The van der Waals surface area contributed by atoms with Crippen molar-refractivity contribution in [3.05, 3.63) is 65.0 Å². The Hall–Kier alpha value is -2.37. The second-order valence-corrected chi connectivity index (χ2v) is 6.89. The second kappa shape index (κ2) is 6.63. The number of hydrogen-bond donors (Lipinski definition) is 2. The zero-order valence-corrected chi connectivity index (χ0v) is 14.4. The Bertz CT molecular complexity index is 837. The van der Waals surface area contributed by atoms with Gasteiger partial charge in [0.25, 0.3) is 5.91 Å². The van der Waals surface area contributed by atoms with Gasteiger partial charge in [-0.3, -0.25) is 4.79 Å². The largest absolute Gasteiger partial charge is 0.496 e. The number of carbonyl (C=O) groups excluding carboxylic acids is 1. The number of amides is 1. The lowest BCUT2D eigenvalue weighted by atomic mass is 10.0. The first-order valence-electron chi connectivity index (χ1n) is 7.64. The second-order valence-electron chi connectivity index (χ2n) is 5.81. The fourth-order valence-electron chi connectivity index (χ4n) is 2.51. The van der Waals surface area contributed by atoms with E-state index in [0.29, 0.717) is 11.3 Å². The number of ether oxygens (including phenoxy) is 1. The number of aliphatic hydroxyl groups is 1. The molecule has 1 aromatic heterocycles. The van der Waals surface area contributed by atoms with Gasteiger partial charge in [-0.2, -0.15) is 0 Å². The van der Waals surface area contributed by atoms with Crippen molar-refractivity contribution in [3.8, 4) is 5.75 Å². The summed E-state index contributed by atoms with van der Waals surface area (Å²) in [5.41, 5.74) is -0.686. The lowest BCUT2D eigenvalue weighted by Gasteiger charge is -2.22. The van der Waals surface area contributed by atoms with E-state index in [-0.39, 0.29) is 12.5 Å². The fraction of sp³-hybridized carbons (Fsp3) is 0.211. The van der Waals surface area contributed by atoms with Crippen molar-refractivity contribution in [2.24, 2.45) is 0 Å². The third-order valence-corrected chi connectivity index (χ3v) is 5.27. The summed E-state index contributed by atoms with van der Waals surface area (Å²) in [5, 5.41) is 14.7. The maximum atomic E-state index is 12.4. The van der Waals surface area contributed by atoms with Gasteiger partial charge < -0.3 is 15.2 Å². The number of methoxy groups -OCH3 is 1. The Morgan fingerprint density at radius 2 is 1.92 bits per heavy atom. The number of thiophene rings is 1. The molecule has 0 aliphatic rings. The van der Waals surface area contributed by atoms with Gasteiger partial charge in [-0.25, -0.2) is 0 Å². The topological polar surface area (TPSA) is 58.6 Å². The molecule has 1 atom stereocenters. The zero-order chi connectivity index (χ0) is 17.2. The molecule has 124 valence electrons. The highest BCUT2D eigenvalue weighted by Crippen LogP contribution is 2.32. The van der Waals surface area contributed by atoms with Gasteiger partial charge in [-0.05, 0) is 36.6 Å². The van der Waals surface area contributed by atoms with E-state index in [0.717, 1.165) is 15.0 Å². The van der Waals surface area contributed by atoms with Crippen LogP contribution in [0.5, 0.6) is 5.75 Å². The summed E-state index contributed by atoms with van der Waals surface area (Å²) in [6.07, 6.45) is 0. The Balaban J connectivity index is 1.76. The molecule has 0 aliphatic heterocycles. The third kappa shape index (κ3) is 3.27. The Kier molecular flexibility index (Phi) is 4.55. The van der Waals surface area contributed by atoms with Crippen LogP contribution in [-0.2, 0) is 5.60 Å². The number of carbonyl (C=O) groups is 1. The average molecular weight is 341 g/mol. The molecule has 2 aromatic carbocycles. The third-order valence-electron chi connectivity index (χ3n) is 3.90. The normalized spacial score (nSPS) is 13.5. The van der Waals surface area contributed by atoms with Crippen molar-refractivity contribution in [3.63, 3.8) is 0 Å². The SMILES string of the molecule is COc1ccccc1C(=O)NCC(C)(O)c1cc2ccccc2s1. The first-order valence-corrected chi connectivity index (χ1v) is 8.45. The summed E-state index contributed by atoms with van der Waals surface area (Å²) in [4.78, 5) is 13.2. The van der Waals surface area contributed by atoms with E-state index in [4.69, 9.17) is 4.74 Å². The van der Waals surface area contributed by atoms with Crippen LogP contribution in [-0.4, -0.2) is 24.7 Å². The van der Waals surface area contributed by atoms with Gasteiger partial charge in [-0.15, -0.1) is 11.3 Å². The van der Waals surface area contributed by atoms with E-state index in [1.165, 1.54) is 18.4 Å². The highest BCUT2D eigenvalue weighted by Gasteiger charge is 2.26. The first-order chi connectivity index (χ1) is 11.5. The molecule has 1 amide bonds. The van der Waals surface area contributed by atoms with Crippen LogP contribution >= 0.6 is 11.3 Å². The van der Waals surface area contributed by atoms with Crippen LogP contribution in [0.4, 0.5) is 0 Å². The molecule has 4 nitrogen and oxygen atoms in total. The van der Waals surface area contributed by atoms with Gasteiger partial charge in [-0.1, -0.05) is 30.3 Å². The number of para-hydroxylation sites is 1. The molecule has 3 aromatic rings. The standard InChI is InChI=1S/C19H19NO3S/c1-19(22,17-11-13-7-3-6-10-16(13)24-17)12-20-18(21)14-8-4-5-9-15(14)23-2/h3-11,22H,12H2,1-2H3,(H,20,21). The molecule has 5 heteroatoms.